The number of amides is 1. The van der Waals surface area contributed by atoms with Gasteiger partial charge in [0.1, 0.15) is 11.4 Å². The Morgan fingerprint density at radius 3 is 2.42 bits per heavy atom. The second kappa shape index (κ2) is 9.22. The second-order valence-corrected chi connectivity index (χ2v) is 6.80. The van der Waals surface area contributed by atoms with Gasteiger partial charge in [0, 0.05) is 12.6 Å². The molecule has 0 atom stereocenters. The largest absolute Gasteiger partial charge is 0.497 e. The molecule has 5 nitrogen and oxygen atoms in total. The molecular formula is C21H27N3O2. The van der Waals surface area contributed by atoms with E-state index in [4.69, 9.17) is 4.74 Å². The van der Waals surface area contributed by atoms with Gasteiger partial charge < -0.3 is 15.4 Å². The van der Waals surface area contributed by atoms with Crippen LogP contribution in [0, 0.1) is 0 Å². The minimum Gasteiger partial charge on any atom is -0.497 e. The number of hydrogen-bond acceptors (Lipinski definition) is 4. The highest BCUT2D eigenvalue weighted by molar-refractivity contribution is 5.92. The number of hydrogen-bond donors (Lipinski definition) is 2. The molecule has 0 bridgehead atoms. The molecule has 1 aromatic carbocycles. The van der Waals surface area contributed by atoms with Gasteiger partial charge in [0.2, 0.25) is 0 Å². The van der Waals surface area contributed by atoms with E-state index in [1.54, 1.807) is 19.4 Å². The van der Waals surface area contributed by atoms with Gasteiger partial charge in [-0.05, 0) is 42.7 Å². The fourth-order valence-electron chi connectivity index (χ4n) is 3.29. The molecule has 1 fully saturated rings. The van der Waals surface area contributed by atoms with Crippen molar-refractivity contribution in [2.45, 2.75) is 51.1 Å². The summed E-state index contributed by atoms with van der Waals surface area (Å²) in [7, 11) is 1.64. The van der Waals surface area contributed by atoms with Crippen LogP contribution >= 0.6 is 0 Å². The molecule has 5 heteroatoms. The van der Waals surface area contributed by atoms with Gasteiger partial charge in [-0.25, -0.2) is 4.98 Å². The van der Waals surface area contributed by atoms with Gasteiger partial charge in [-0.3, -0.25) is 4.79 Å². The summed E-state index contributed by atoms with van der Waals surface area (Å²) in [5.74, 6) is 0.639. The number of benzene rings is 1. The number of pyridine rings is 1. The number of rotatable bonds is 6. The van der Waals surface area contributed by atoms with Crippen molar-refractivity contribution in [1.29, 1.82) is 0 Å². The molecule has 0 radical (unpaired) electrons. The molecule has 2 aromatic rings. The number of ether oxygens (including phenoxy) is 1. The minimum absolute atomic E-state index is 0.165. The van der Waals surface area contributed by atoms with Gasteiger partial charge >= 0.3 is 0 Å². The maximum atomic E-state index is 12.3. The molecule has 0 spiro atoms. The third-order valence-electron chi connectivity index (χ3n) is 4.83. The Balaban J connectivity index is 1.51. The van der Waals surface area contributed by atoms with Crippen molar-refractivity contribution < 1.29 is 9.53 Å². The predicted molar refractivity (Wildman–Crippen MR) is 104 cm³/mol. The van der Waals surface area contributed by atoms with Crippen molar-refractivity contribution >= 4 is 11.6 Å². The molecule has 1 aliphatic carbocycles. The average molecular weight is 353 g/mol. The standard InChI is InChI=1S/C21H27N3O2/c1-26-19-11-8-16(9-12-19)14-23-21(25)20-13-10-18(15-22-20)24-17-6-4-2-3-5-7-17/h8-13,15,17,24H,2-7,14H2,1H3,(H,23,25). The van der Waals surface area contributed by atoms with E-state index in [0.717, 1.165) is 17.0 Å². The maximum Gasteiger partial charge on any atom is 0.270 e. The first-order valence-corrected chi connectivity index (χ1v) is 9.38. The van der Waals surface area contributed by atoms with E-state index < -0.39 is 0 Å². The molecule has 1 aliphatic rings. The molecule has 2 N–H and O–H groups in total. The molecule has 1 amide bonds. The Morgan fingerprint density at radius 1 is 1.08 bits per heavy atom. The van der Waals surface area contributed by atoms with Crippen LogP contribution in [0.25, 0.3) is 0 Å². The molecule has 1 aromatic heterocycles. The van der Waals surface area contributed by atoms with E-state index in [-0.39, 0.29) is 5.91 Å². The van der Waals surface area contributed by atoms with Gasteiger partial charge in [0.25, 0.3) is 5.91 Å². The van der Waals surface area contributed by atoms with Crippen LogP contribution in [-0.4, -0.2) is 24.0 Å². The first kappa shape index (κ1) is 18.2. The summed E-state index contributed by atoms with van der Waals surface area (Å²) in [6, 6.07) is 11.9. The number of carbonyl (C=O) groups is 1. The Hall–Kier alpha value is -2.56. The van der Waals surface area contributed by atoms with E-state index in [2.05, 4.69) is 15.6 Å². The summed E-state index contributed by atoms with van der Waals surface area (Å²) in [6.07, 6.45) is 9.43. The zero-order valence-corrected chi connectivity index (χ0v) is 15.3. The Kier molecular flexibility index (Phi) is 6.47. The summed E-state index contributed by atoms with van der Waals surface area (Å²) in [6.45, 7) is 0.465. The van der Waals surface area contributed by atoms with Crippen LogP contribution in [-0.2, 0) is 6.54 Å². The van der Waals surface area contributed by atoms with Crippen LogP contribution in [0.5, 0.6) is 5.75 Å². The first-order valence-electron chi connectivity index (χ1n) is 9.38. The van der Waals surface area contributed by atoms with Gasteiger partial charge in [0.05, 0.1) is 19.0 Å². The highest BCUT2D eigenvalue weighted by Gasteiger charge is 2.13. The second-order valence-electron chi connectivity index (χ2n) is 6.80. The minimum atomic E-state index is -0.165. The smallest absolute Gasteiger partial charge is 0.270 e. The van der Waals surface area contributed by atoms with Crippen molar-refractivity contribution in [1.82, 2.24) is 10.3 Å². The number of carbonyl (C=O) groups excluding carboxylic acids is 1. The molecule has 26 heavy (non-hydrogen) atoms. The van der Waals surface area contributed by atoms with Crippen molar-refractivity contribution in [3.8, 4) is 5.75 Å². The predicted octanol–water partition coefficient (Wildman–Crippen LogP) is 4.15. The van der Waals surface area contributed by atoms with Crippen LogP contribution in [0.4, 0.5) is 5.69 Å². The van der Waals surface area contributed by atoms with E-state index >= 15 is 0 Å². The van der Waals surface area contributed by atoms with E-state index in [9.17, 15) is 4.79 Å². The lowest BCUT2D eigenvalue weighted by Crippen LogP contribution is -2.24. The SMILES string of the molecule is COc1ccc(CNC(=O)c2ccc(NC3CCCCCC3)cn2)cc1. The molecule has 3 rings (SSSR count). The Morgan fingerprint density at radius 2 is 1.81 bits per heavy atom. The van der Waals surface area contributed by atoms with Crippen molar-refractivity contribution in [3.05, 3.63) is 53.9 Å². The van der Waals surface area contributed by atoms with E-state index in [0.29, 0.717) is 18.3 Å². The number of anilines is 1. The third kappa shape index (κ3) is 5.22. The summed E-state index contributed by atoms with van der Waals surface area (Å²) < 4.78 is 5.13. The van der Waals surface area contributed by atoms with Crippen molar-refractivity contribution in [3.63, 3.8) is 0 Å². The normalized spacial score (nSPS) is 15.1. The van der Waals surface area contributed by atoms with Gasteiger partial charge in [-0.1, -0.05) is 37.8 Å². The number of aromatic nitrogens is 1. The maximum absolute atomic E-state index is 12.3. The molecular weight excluding hydrogens is 326 g/mol. The van der Waals surface area contributed by atoms with Crippen molar-refractivity contribution in [2.24, 2.45) is 0 Å². The number of nitrogens with zero attached hydrogens (tertiary/aromatic N) is 1. The Labute approximate surface area is 155 Å². The van der Waals surface area contributed by atoms with Crippen LogP contribution in [0.2, 0.25) is 0 Å². The molecule has 0 aliphatic heterocycles. The lowest BCUT2D eigenvalue weighted by Gasteiger charge is -2.17. The monoisotopic (exact) mass is 353 g/mol. The van der Waals surface area contributed by atoms with Gasteiger partial charge in [-0.2, -0.15) is 0 Å². The van der Waals surface area contributed by atoms with Crippen molar-refractivity contribution in [2.75, 3.05) is 12.4 Å². The summed E-state index contributed by atoms with van der Waals surface area (Å²) >= 11 is 0. The summed E-state index contributed by atoms with van der Waals surface area (Å²) in [5, 5.41) is 6.45. The Bertz CT molecular complexity index is 690. The molecule has 0 unspecified atom stereocenters. The summed E-state index contributed by atoms with van der Waals surface area (Å²) in [4.78, 5) is 16.6. The van der Waals surface area contributed by atoms with Crippen LogP contribution < -0.4 is 15.4 Å². The fraction of sp³-hybridized carbons (Fsp3) is 0.429. The van der Waals surface area contributed by atoms with Gasteiger partial charge in [-0.15, -0.1) is 0 Å². The first-order chi connectivity index (χ1) is 12.7. The summed E-state index contributed by atoms with van der Waals surface area (Å²) in [5.41, 5.74) is 2.44. The highest BCUT2D eigenvalue weighted by Crippen LogP contribution is 2.21. The van der Waals surface area contributed by atoms with E-state index in [1.165, 1.54) is 38.5 Å². The number of methoxy groups -OCH3 is 1. The lowest BCUT2D eigenvalue weighted by atomic mass is 10.1. The molecule has 1 heterocycles. The van der Waals surface area contributed by atoms with E-state index in [1.807, 2.05) is 30.3 Å². The topological polar surface area (TPSA) is 63.2 Å². The zero-order valence-electron chi connectivity index (χ0n) is 15.3. The third-order valence-corrected chi connectivity index (χ3v) is 4.83. The van der Waals surface area contributed by atoms with Crippen LogP contribution in [0.3, 0.4) is 0 Å². The highest BCUT2D eigenvalue weighted by atomic mass is 16.5. The molecule has 138 valence electrons. The quantitative estimate of drug-likeness (QED) is 0.766. The average Bonchev–Trinajstić information content (AvgIpc) is 2.96. The van der Waals surface area contributed by atoms with Crippen LogP contribution in [0.1, 0.15) is 54.6 Å². The molecule has 1 saturated carbocycles. The van der Waals surface area contributed by atoms with Crippen LogP contribution in [0.15, 0.2) is 42.6 Å². The molecule has 0 saturated heterocycles. The lowest BCUT2D eigenvalue weighted by molar-refractivity contribution is 0.0946. The fourth-order valence-corrected chi connectivity index (χ4v) is 3.29. The zero-order chi connectivity index (χ0) is 18.2. The van der Waals surface area contributed by atoms with Gasteiger partial charge in [0.15, 0.2) is 0 Å². The number of nitrogens with one attached hydrogen (secondary N) is 2.